The summed E-state index contributed by atoms with van der Waals surface area (Å²) in [5.41, 5.74) is 3.00. The van der Waals surface area contributed by atoms with Crippen molar-refractivity contribution in [3.8, 4) is 34.1 Å². The van der Waals surface area contributed by atoms with Crippen LogP contribution in [-0.2, 0) is 6.42 Å². The van der Waals surface area contributed by atoms with E-state index in [1.54, 1.807) is 27.4 Å². The van der Waals surface area contributed by atoms with Crippen LogP contribution in [0.2, 0.25) is 0 Å². The van der Waals surface area contributed by atoms with Crippen LogP contribution in [0.25, 0.3) is 11.1 Å². The van der Waals surface area contributed by atoms with Crippen LogP contribution < -0.4 is 19.6 Å². The molecule has 0 unspecified atom stereocenters. The zero-order valence-corrected chi connectivity index (χ0v) is 15.3. The van der Waals surface area contributed by atoms with Gasteiger partial charge in [-0.25, -0.2) is 0 Å². The number of aromatic hydroxyl groups is 1. The van der Waals surface area contributed by atoms with Crippen LogP contribution in [0.4, 0.5) is 0 Å². The molecule has 25 heavy (non-hydrogen) atoms. The quantitative estimate of drug-likeness (QED) is 0.865. The molecular formula is C20H24O5. The average molecular weight is 344 g/mol. The van der Waals surface area contributed by atoms with Crippen LogP contribution in [0.5, 0.6) is 23.0 Å². The summed E-state index contributed by atoms with van der Waals surface area (Å²) in [5, 5.41) is 9.77. The third kappa shape index (κ3) is 3.55. The summed E-state index contributed by atoms with van der Waals surface area (Å²) in [5.74, 6) is 1.35. The van der Waals surface area contributed by atoms with Crippen molar-refractivity contribution < 1.29 is 19.3 Å². The fraction of sp³-hybridized carbons (Fsp3) is 0.350. The third-order valence-corrected chi connectivity index (χ3v) is 4.13. The van der Waals surface area contributed by atoms with E-state index in [-0.39, 0.29) is 5.75 Å². The van der Waals surface area contributed by atoms with Crippen LogP contribution in [0, 0.1) is 6.92 Å². The maximum atomic E-state index is 11.9. The second-order valence-corrected chi connectivity index (χ2v) is 5.75. The lowest BCUT2D eigenvalue weighted by molar-refractivity contribution is 0.324. The largest absolute Gasteiger partial charge is 0.504 e. The molecule has 0 aliphatic rings. The predicted molar refractivity (Wildman–Crippen MR) is 98.2 cm³/mol. The van der Waals surface area contributed by atoms with Gasteiger partial charge in [-0.3, -0.25) is 4.79 Å². The number of rotatable bonds is 6. The minimum absolute atomic E-state index is 0.286. The minimum Gasteiger partial charge on any atom is -0.504 e. The second-order valence-electron chi connectivity index (χ2n) is 5.75. The highest BCUT2D eigenvalue weighted by atomic mass is 16.5. The van der Waals surface area contributed by atoms with Gasteiger partial charge in [0.1, 0.15) is 0 Å². The first-order chi connectivity index (χ1) is 12.0. The summed E-state index contributed by atoms with van der Waals surface area (Å²) in [6.07, 6.45) is 1.74. The van der Waals surface area contributed by atoms with E-state index in [4.69, 9.17) is 14.2 Å². The van der Waals surface area contributed by atoms with Gasteiger partial charge < -0.3 is 19.3 Å². The smallest absolute Gasteiger partial charge is 0.220 e. The Kier molecular flexibility index (Phi) is 5.91. The van der Waals surface area contributed by atoms with Gasteiger partial charge in [0.2, 0.25) is 11.2 Å². The molecule has 5 heteroatoms. The van der Waals surface area contributed by atoms with Gasteiger partial charge in [0.25, 0.3) is 0 Å². The fourth-order valence-corrected chi connectivity index (χ4v) is 2.97. The van der Waals surface area contributed by atoms with E-state index in [0.29, 0.717) is 17.2 Å². The van der Waals surface area contributed by atoms with Crippen molar-refractivity contribution in [2.24, 2.45) is 0 Å². The molecule has 0 aliphatic carbocycles. The summed E-state index contributed by atoms with van der Waals surface area (Å²) in [6.45, 7) is 3.93. The Hall–Kier alpha value is -2.69. The Labute approximate surface area is 147 Å². The van der Waals surface area contributed by atoms with Crippen molar-refractivity contribution in [3.05, 3.63) is 45.6 Å². The average Bonchev–Trinajstić information content (AvgIpc) is 2.72. The molecule has 1 N–H and O–H groups in total. The molecule has 2 rings (SSSR count). The van der Waals surface area contributed by atoms with Gasteiger partial charge in [0.05, 0.1) is 21.3 Å². The molecule has 2 aromatic carbocycles. The van der Waals surface area contributed by atoms with Crippen LogP contribution in [-0.4, -0.2) is 26.4 Å². The molecule has 0 atom stereocenters. The zero-order valence-electron chi connectivity index (χ0n) is 15.3. The van der Waals surface area contributed by atoms with E-state index < -0.39 is 5.43 Å². The van der Waals surface area contributed by atoms with Crippen molar-refractivity contribution in [3.63, 3.8) is 0 Å². The second kappa shape index (κ2) is 7.92. The van der Waals surface area contributed by atoms with Gasteiger partial charge >= 0.3 is 0 Å². The Morgan fingerprint density at radius 3 is 2.24 bits per heavy atom. The van der Waals surface area contributed by atoms with Crippen LogP contribution in [0.1, 0.15) is 24.5 Å². The number of hydrogen-bond donors (Lipinski definition) is 1. The molecular weight excluding hydrogens is 320 g/mol. The van der Waals surface area contributed by atoms with Crippen molar-refractivity contribution in [2.75, 3.05) is 21.3 Å². The van der Waals surface area contributed by atoms with Gasteiger partial charge in [-0.15, -0.1) is 0 Å². The first kappa shape index (κ1) is 18.6. The van der Waals surface area contributed by atoms with Gasteiger partial charge in [0.15, 0.2) is 17.2 Å². The highest BCUT2D eigenvalue weighted by Gasteiger charge is 2.22. The lowest BCUT2D eigenvalue weighted by Crippen LogP contribution is -2.02. The Bertz CT molecular complexity index is 827. The van der Waals surface area contributed by atoms with Crippen molar-refractivity contribution in [1.82, 2.24) is 0 Å². The molecule has 0 fully saturated rings. The molecule has 0 bridgehead atoms. The summed E-state index contributed by atoms with van der Waals surface area (Å²) in [6, 6.07) is 6.51. The van der Waals surface area contributed by atoms with E-state index >= 15 is 0 Å². The molecule has 134 valence electrons. The number of benzene rings is 1. The van der Waals surface area contributed by atoms with Crippen LogP contribution in [0.15, 0.2) is 29.1 Å². The Morgan fingerprint density at radius 2 is 1.68 bits per heavy atom. The molecule has 0 saturated carbocycles. The van der Waals surface area contributed by atoms with E-state index in [1.165, 1.54) is 12.1 Å². The Morgan fingerprint density at radius 1 is 1.00 bits per heavy atom. The normalized spacial score (nSPS) is 10.4. The topological polar surface area (TPSA) is 65.0 Å². The summed E-state index contributed by atoms with van der Waals surface area (Å²) < 4.78 is 16.6. The maximum Gasteiger partial charge on any atom is 0.220 e. The molecule has 0 amide bonds. The third-order valence-electron chi connectivity index (χ3n) is 4.13. The first-order valence-corrected chi connectivity index (χ1v) is 8.14. The van der Waals surface area contributed by atoms with Crippen molar-refractivity contribution >= 4 is 0 Å². The van der Waals surface area contributed by atoms with E-state index in [1.807, 2.05) is 13.0 Å². The summed E-state index contributed by atoms with van der Waals surface area (Å²) >= 11 is 0. The summed E-state index contributed by atoms with van der Waals surface area (Å²) in [4.78, 5) is 11.9. The highest BCUT2D eigenvalue weighted by molar-refractivity contribution is 5.81. The van der Waals surface area contributed by atoms with Crippen LogP contribution >= 0.6 is 0 Å². The van der Waals surface area contributed by atoms with E-state index in [9.17, 15) is 9.90 Å². The van der Waals surface area contributed by atoms with Gasteiger partial charge in [-0.1, -0.05) is 19.4 Å². The molecule has 0 saturated heterocycles. The first-order valence-electron chi connectivity index (χ1n) is 8.14. The highest BCUT2D eigenvalue weighted by Crippen LogP contribution is 2.47. The lowest BCUT2D eigenvalue weighted by atomic mass is 9.93. The van der Waals surface area contributed by atoms with Crippen molar-refractivity contribution in [2.45, 2.75) is 26.7 Å². The minimum atomic E-state index is -0.416. The lowest BCUT2D eigenvalue weighted by Gasteiger charge is -2.20. The molecule has 0 aromatic heterocycles. The van der Waals surface area contributed by atoms with Gasteiger partial charge in [0, 0.05) is 5.56 Å². The van der Waals surface area contributed by atoms with Gasteiger partial charge in [-0.05, 0) is 48.2 Å². The number of hydrogen-bond acceptors (Lipinski definition) is 5. The molecule has 0 aliphatic heterocycles. The summed E-state index contributed by atoms with van der Waals surface area (Å²) in [7, 11) is 4.72. The molecule has 0 radical (unpaired) electrons. The van der Waals surface area contributed by atoms with E-state index in [2.05, 4.69) is 6.92 Å². The molecule has 5 nitrogen and oxygen atoms in total. The van der Waals surface area contributed by atoms with Gasteiger partial charge in [-0.2, -0.15) is 0 Å². The zero-order chi connectivity index (χ0) is 18.6. The molecule has 0 heterocycles. The van der Waals surface area contributed by atoms with Crippen molar-refractivity contribution in [1.29, 1.82) is 0 Å². The number of ether oxygens (including phenoxy) is 3. The molecule has 2 aromatic rings. The number of aryl methyl sites for hydroxylation is 2. The SMILES string of the molecule is CCCc1cc(OC)c(OC)c(OC)c1-c1ccc(O)c(=O)cc1C. The number of methoxy groups -OCH3 is 3. The monoisotopic (exact) mass is 344 g/mol. The fourth-order valence-electron chi connectivity index (χ4n) is 2.97. The Balaban J connectivity index is 2.93. The standard InChI is InChI=1S/C20H24O5/c1-6-7-13-11-17(23-3)19(24-4)20(25-5)18(13)14-8-9-15(21)16(22)10-12(14)2/h8-11H,6-7H2,1-5H3,(H,21,22). The molecule has 0 spiro atoms. The maximum absolute atomic E-state index is 11.9. The van der Waals surface area contributed by atoms with Crippen LogP contribution in [0.3, 0.4) is 0 Å². The predicted octanol–water partition coefficient (Wildman–Crippen LogP) is 3.71. The van der Waals surface area contributed by atoms with E-state index in [0.717, 1.165) is 35.1 Å².